The van der Waals surface area contributed by atoms with Crippen molar-refractivity contribution in [2.24, 2.45) is 23.7 Å². The Balaban J connectivity index is 1.90. The lowest BCUT2D eigenvalue weighted by atomic mass is 9.49. The minimum atomic E-state index is -0.105. The molecule has 4 saturated carbocycles. The van der Waals surface area contributed by atoms with Gasteiger partial charge in [-0.2, -0.15) is 5.26 Å². The average Bonchev–Trinajstić information content (AvgIpc) is 2.25. The zero-order chi connectivity index (χ0) is 11.2. The molecule has 0 aliphatic heterocycles. The van der Waals surface area contributed by atoms with Gasteiger partial charge >= 0.3 is 0 Å². The first-order valence-corrected chi connectivity index (χ1v) is 7.47. The molecule has 0 aromatic carbocycles. The molecule has 4 bridgehead atoms. The molecular formula is C13H18BrNO. The van der Waals surface area contributed by atoms with Gasteiger partial charge in [0.25, 0.3) is 0 Å². The Morgan fingerprint density at radius 1 is 1.12 bits per heavy atom. The third kappa shape index (κ3) is 1.46. The Morgan fingerprint density at radius 3 is 2.12 bits per heavy atom. The number of alkyl halides is 1. The van der Waals surface area contributed by atoms with Crippen molar-refractivity contribution in [1.82, 2.24) is 0 Å². The van der Waals surface area contributed by atoms with Crippen LogP contribution in [0, 0.1) is 35.0 Å². The van der Waals surface area contributed by atoms with Gasteiger partial charge in [0.2, 0.25) is 0 Å². The monoisotopic (exact) mass is 283 g/mol. The second kappa shape index (κ2) is 3.99. The van der Waals surface area contributed by atoms with Gasteiger partial charge in [0, 0.05) is 0 Å². The maximum atomic E-state index is 9.10. The van der Waals surface area contributed by atoms with Gasteiger partial charge in [0.15, 0.2) is 0 Å². The molecule has 88 valence electrons. The highest BCUT2D eigenvalue weighted by atomic mass is 79.9. The molecule has 4 aliphatic carbocycles. The first-order chi connectivity index (χ1) is 7.78. The van der Waals surface area contributed by atoms with Gasteiger partial charge in [-0.1, -0.05) is 15.9 Å². The molecule has 0 atom stereocenters. The fraction of sp³-hybridized carbons (Fsp3) is 0.923. The van der Waals surface area contributed by atoms with Crippen LogP contribution in [0.4, 0.5) is 0 Å². The lowest BCUT2D eigenvalue weighted by Crippen LogP contribution is -2.58. The highest BCUT2D eigenvalue weighted by Gasteiger charge is 2.57. The predicted octanol–water partition coefficient (Wildman–Crippen LogP) is 3.46. The van der Waals surface area contributed by atoms with E-state index < -0.39 is 0 Å². The van der Waals surface area contributed by atoms with Crippen LogP contribution in [-0.2, 0) is 4.74 Å². The summed E-state index contributed by atoms with van der Waals surface area (Å²) in [6.45, 7) is 0. The SMILES string of the molecule is N#CCC1(OCBr)C2CC3CC(C2)CC1C3. The standard InChI is InChI=1S/C13H18BrNO/c14-8-16-13(1-2-15)11-4-9-3-10(6-11)7-12(13)5-9/h9-12H,1,3-8H2. The summed E-state index contributed by atoms with van der Waals surface area (Å²) in [7, 11) is 0. The Bertz CT molecular complexity index is 294. The Hall–Kier alpha value is -0.0700. The van der Waals surface area contributed by atoms with E-state index in [1.807, 2.05) is 0 Å². The number of nitrogens with zero attached hydrogens (tertiary/aromatic N) is 1. The summed E-state index contributed by atoms with van der Waals surface area (Å²) in [5, 5.41) is 9.10. The van der Waals surface area contributed by atoms with Crippen molar-refractivity contribution in [2.45, 2.75) is 44.1 Å². The number of hydrogen-bond donors (Lipinski definition) is 0. The van der Waals surface area contributed by atoms with E-state index in [2.05, 4.69) is 22.0 Å². The highest BCUT2D eigenvalue weighted by molar-refractivity contribution is 9.09. The molecule has 4 fully saturated rings. The molecule has 3 heteroatoms. The van der Waals surface area contributed by atoms with Crippen LogP contribution in [0.1, 0.15) is 38.5 Å². The molecule has 0 unspecified atom stereocenters. The topological polar surface area (TPSA) is 33.0 Å². The van der Waals surface area contributed by atoms with Gasteiger partial charge in [-0.3, -0.25) is 0 Å². The van der Waals surface area contributed by atoms with Gasteiger partial charge in [0.05, 0.1) is 18.1 Å². The zero-order valence-electron chi connectivity index (χ0n) is 9.49. The van der Waals surface area contributed by atoms with Crippen LogP contribution in [0.3, 0.4) is 0 Å². The molecule has 0 N–H and O–H groups in total. The summed E-state index contributed by atoms with van der Waals surface area (Å²) in [6, 6.07) is 2.38. The van der Waals surface area contributed by atoms with Crippen molar-refractivity contribution in [3.05, 3.63) is 0 Å². The van der Waals surface area contributed by atoms with Crippen molar-refractivity contribution in [3.8, 4) is 6.07 Å². The molecule has 0 radical (unpaired) electrons. The molecule has 4 rings (SSSR count). The quantitative estimate of drug-likeness (QED) is 0.743. The first-order valence-electron chi connectivity index (χ1n) is 6.35. The summed E-state index contributed by atoms with van der Waals surface area (Å²) in [6.07, 6.45) is 7.27. The molecule has 0 heterocycles. The van der Waals surface area contributed by atoms with Crippen LogP contribution in [0.25, 0.3) is 0 Å². The Labute approximate surface area is 105 Å². The van der Waals surface area contributed by atoms with E-state index in [1.165, 1.54) is 32.1 Å². The van der Waals surface area contributed by atoms with Crippen molar-refractivity contribution >= 4 is 15.9 Å². The minimum Gasteiger partial charge on any atom is -0.362 e. The van der Waals surface area contributed by atoms with Crippen LogP contribution in [0.5, 0.6) is 0 Å². The van der Waals surface area contributed by atoms with Crippen LogP contribution in [0.2, 0.25) is 0 Å². The summed E-state index contributed by atoms with van der Waals surface area (Å²) in [5.41, 5.74) is 0.475. The fourth-order valence-electron chi connectivity index (χ4n) is 4.78. The molecule has 4 aliphatic rings. The maximum Gasteiger partial charge on any atom is 0.102 e. The normalized spacial score (nSPS) is 49.2. The van der Waals surface area contributed by atoms with Crippen LogP contribution in [-0.4, -0.2) is 11.1 Å². The van der Waals surface area contributed by atoms with Crippen molar-refractivity contribution in [1.29, 1.82) is 5.26 Å². The van der Waals surface area contributed by atoms with E-state index in [0.717, 1.165) is 11.8 Å². The number of nitriles is 1. The van der Waals surface area contributed by atoms with E-state index in [-0.39, 0.29) is 5.60 Å². The molecular weight excluding hydrogens is 266 g/mol. The van der Waals surface area contributed by atoms with E-state index >= 15 is 0 Å². The molecule has 0 saturated heterocycles. The largest absolute Gasteiger partial charge is 0.362 e. The predicted molar refractivity (Wildman–Crippen MR) is 64.9 cm³/mol. The highest BCUT2D eigenvalue weighted by Crippen LogP contribution is 2.60. The fourth-order valence-corrected chi connectivity index (χ4v) is 5.21. The number of rotatable bonds is 3. The van der Waals surface area contributed by atoms with E-state index in [1.54, 1.807) is 0 Å². The zero-order valence-corrected chi connectivity index (χ0v) is 11.1. The molecule has 16 heavy (non-hydrogen) atoms. The second-order valence-corrected chi connectivity index (χ2v) is 6.31. The Morgan fingerprint density at radius 2 is 1.69 bits per heavy atom. The van der Waals surface area contributed by atoms with Crippen molar-refractivity contribution < 1.29 is 4.74 Å². The lowest BCUT2D eigenvalue weighted by Gasteiger charge is -2.60. The maximum absolute atomic E-state index is 9.10. The number of hydrogen-bond acceptors (Lipinski definition) is 2. The average molecular weight is 284 g/mol. The summed E-state index contributed by atoms with van der Waals surface area (Å²) in [4.78, 5) is 0. The molecule has 0 spiro atoms. The van der Waals surface area contributed by atoms with Gasteiger partial charge in [-0.15, -0.1) is 0 Å². The molecule has 2 nitrogen and oxygen atoms in total. The van der Waals surface area contributed by atoms with E-state index in [4.69, 9.17) is 10.00 Å². The van der Waals surface area contributed by atoms with E-state index in [0.29, 0.717) is 23.8 Å². The molecule has 0 aromatic rings. The van der Waals surface area contributed by atoms with Crippen LogP contribution in [0.15, 0.2) is 0 Å². The number of ether oxygens (including phenoxy) is 1. The van der Waals surface area contributed by atoms with Gasteiger partial charge in [-0.25, -0.2) is 0 Å². The van der Waals surface area contributed by atoms with Crippen LogP contribution >= 0.6 is 15.9 Å². The lowest BCUT2D eigenvalue weighted by molar-refractivity contribution is -0.190. The third-order valence-electron chi connectivity index (χ3n) is 5.20. The summed E-state index contributed by atoms with van der Waals surface area (Å²) in [5.74, 6) is 3.18. The summed E-state index contributed by atoms with van der Waals surface area (Å²) < 4.78 is 6.04. The molecule has 0 amide bonds. The minimum absolute atomic E-state index is 0.105. The molecule has 0 aromatic heterocycles. The Kier molecular flexibility index (Phi) is 2.76. The van der Waals surface area contributed by atoms with Gasteiger partial charge < -0.3 is 4.74 Å². The smallest absolute Gasteiger partial charge is 0.102 e. The van der Waals surface area contributed by atoms with Gasteiger partial charge in [-0.05, 0) is 55.8 Å². The summed E-state index contributed by atoms with van der Waals surface area (Å²) >= 11 is 3.39. The second-order valence-electron chi connectivity index (χ2n) is 5.85. The number of halogens is 1. The van der Waals surface area contributed by atoms with Crippen LogP contribution < -0.4 is 0 Å². The van der Waals surface area contributed by atoms with Gasteiger partial charge in [0.1, 0.15) is 5.52 Å². The van der Waals surface area contributed by atoms with Crippen molar-refractivity contribution in [3.63, 3.8) is 0 Å². The third-order valence-corrected chi connectivity index (χ3v) is 5.43. The van der Waals surface area contributed by atoms with Crippen molar-refractivity contribution in [2.75, 3.05) is 5.52 Å². The van der Waals surface area contributed by atoms with E-state index in [9.17, 15) is 0 Å². The first kappa shape index (κ1) is 11.0.